The SMILES string of the molecule is C=C(C)CCC1(C(C)=O)CCOC1=O. The van der Waals surface area contributed by atoms with Gasteiger partial charge in [-0.25, -0.2) is 0 Å². The van der Waals surface area contributed by atoms with Crippen LogP contribution in [-0.2, 0) is 14.3 Å². The van der Waals surface area contributed by atoms with E-state index in [1.165, 1.54) is 6.92 Å². The lowest BCUT2D eigenvalue weighted by atomic mass is 9.78. The van der Waals surface area contributed by atoms with Gasteiger partial charge in [-0.15, -0.1) is 6.58 Å². The topological polar surface area (TPSA) is 43.4 Å². The molecule has 0 aliphatic carbocycles. The molecule has 0 bridgehead atoms. The van der Waals surface area contributed by atoms with Gasteiger partial charge in [0.1, 0.15) is 11.2 Å². The predicted molar refractivity (Wildman–Crippen MR) is 52.7 cm³/mol. The molecule has 0 spiro atoms. The Morgan fingerprint density at radius 2 is 2.21 bits per heavy atom. The second-order valence-electron chi connectivity index (χ2n) is 3.98. The van der Waals surface area contributed by atoms with Gasteiger partial charge >= 0.3 is 5.97 Å². The average molecular weight is 196 g/mol. The summed E-state index contributed by atoms with van der Waals surface area (Å²) in [6, 6.07) is 0. The molecule has 3 nitrogen and oxygen atoms in total. The van der Waals surface area contributed by atoms with Crippen LogP contribution in [0.25, 0.3) is 0 Å². The predicted octanol–water partition coefficient (Wildman–Crippen LogP) is 1.86. The quantitative estimate of drug-likeness (QED) is 0.391. The molecule has 1 aliphatic heterocycles. The number of Topliss-reactive ketones (excluding diaryl/α,β-unsaturated/α-hetero) is 1. The summed E-state index contributed by atoms with van der Waals surface area (Å²) >= 11 is 0. The number of esters is 1. The Bertz CT molecular complexity index is 280. The van der Waals surface area contributed by atoms with Crippen LogP contribution in [0, 0.1) is 5.41 Å². The first kappa shape index (κ1) is 11.0. The summed E-state index contributed by atoms with van der Waals surface area (Å²) in [5.41, 5.74) is 0.115. The van der Waals surface area contributed by atoms with Crippen LogP contribution in [0.1, 0.15) is 33.1 Å². The van der Waals surface area contributed by atoms with Crippen LogP contribution in [0.3, 0.4) is 0 Å². The van der Waals surface area contributed by atoms with Crippen molar-refractivity contribution < 1.29 is 14.3 Å². The summed E-state index contributed by atoms with van der Waals surface area (Å²) < 4.78 is 4.87. The van der Waals surface area contributed by atoms with E-state index in [-0.39, 0.29) is 11.8 Å². The van der Waals surface area contributed by atoms with Crippen molar-refractivity contribution in [3.05, 3.63) is 12.2 Å². The summed E-state index contributed by atoms with van der Waals surface area (Å²) in [6.07, 6.45) is 1.76. The minimum Gasteiger partial charge on any atom is -0.465 e. The van der Waals surface area contributed by atoms with Crippen molar-refractivity contribution in [1.29, 1.82) is 0 Å². The molecular weight excluding hydrogens is 180 g/mol. The normalized spacial score (nSPS) is 26.0. The molecule has 1 saturated heterocycles. The van der Waals surface area contributed by atoms with Gasteiger partial charge in [0, 0.05) is 6.42 Å². The molecule has 0 aromatic rings. The zero-order chi connectivity index (χ0) is 10.8. The maximum Gasteiger partial charge on any atom is 0.319 e. The number of cyclic esters (lactones) is 1. The van der Waals surface area contributed by atoms with Crippen molar-refractivity contribution >= 4 is 11.8 Å². The van der Waals surface area contributed by atoms with Gasteiger partial charge in [0.05, 0.1) is 6.61 Å². The van der Waals surface area contributed by atoms with Crippen LogP contribution >= 0.6 is 0 Å². The van der Waals surface area contributed by atoms with E-state index < -0.39 is 5.41 Å². The van der Waals surface area contributed by atoms with Crippen LogP contribution in [0.2, 0.25) is 0 Å². The van der Waals surface area contributed by atoms with Gasteiger partial charge in [0.15, 0.2) is 0 Å². The molecule has 1 heterocycles. The number of rotatable bonds is 4. The molecule has 0 saturated carbocycles. The molecule has 1 fully saturated rings. The molecule has 0 radical (unpaired) electrons. The fraction of sp³-hybridized carbons (Fsp3) is 0.636. The Morgan fingerprint density at radius 3 is 2.57 bits per heavy atom. The van der Waals surface area contributed by atoms with Crippen molar-refractivity contribution in [2.75, 3.05) is 6.61 Å². The van der Waals surface area contributed by atoms with E-state index >= 15 is 0 Å². The van der Waals surface area contributed by atoms with Gasteiger partial charge in [-0.05, 0) is 26.7 Å². The first-order valence-electron chi connectivity index (χ1n) is 4.82. The van der Waals surface area contributed by atoms with E-state index in [0.717, 1.165) is 5.57 Å². The maximum absolute atomic E-state index is 11.5. The molecule has 0 N–H and O–H groups in total. The van der Waals surface area contributed by atoms with Gasteiger partial charge < -0.3 is 4.74 Å². The third-order valence-electron chi connectivity index (χ3n) is 2.81. The Balaban J connectivity index is 2.77. The number of ether oxygens (including phenoxy) is 1. The number of hydrogen-bond donors (Lipinski definition) is 0. The molecular formula is C11H16O3. The van der Waals surface area contributed by atoms with E-state index in [1.54, 1.807) is 0 Å². The molecule has 0 amide bonds. The highest BCUT2D eigenvalue weighted by Crippen LogP contribution is 2.36. The van der Waals surface area contributed by atoms with Crippen molar-refractivity contribution in [3.8, 4) is 0 Å². The lowest BCUT2D eigenvalue weighted by molar-refractivity contribution is -0.151. The van der Waals surface area contributed by atoms with Gasteiger partial charge in [0.2, 0.25) is 0 Å². The minimum absolute atomic E-state index is 0.0822. The van der Waals surface area contributed by atoms with Gasteiger partial charge in [-0.3, -0.25) is 9.59 Å². The molecule has 1 unspecified atom stereocenters. The zero-order valence-electron chi connectivity index (χ0n) is 8.76. The summed E-state index contributed by atoms with van der Waals surface area (Å²) in [4.78, 5) is 22.9. The summed E-state index contributed by atoms with van der Waals surface area (Å²) in [7, 11) is 0. The number of carbonyl (C=O) groups excluding carboxylic acids is 2. The third-order valence-corrected chi connectivity index (χ3v) is 2.81. The molecule has 0 aromatic heterocycles. The third kappa shape index (κ3) is 1.86. The highest BCUT2D eigenvalue weighted by Gasteiger charge is 2.48. The van der Waals surface area contributed by atoms with Gasteiger partial charge in [-0.2, -0.15) is 0 Å². The van der Waals surface area contributed by atoms with Crippen LogP contribution in [0.5, 0.6) is 0 Å². The second-order valence-corrected chi connectivity index (χ2v) is 3.98. The highest BCUT2D eigenvalue weighted by atomic mass is 16.5. The Labute approximate surface area is 84.1 Å². The Hall–Kier alpha value is -1.12. The molecule has 78 valence electrons. The van der Waals surface area contributed by atoms with E-state index in [9.17, 15) is 9.59 Å². The van der Waals surface area contributed by atoms with Gasteiger partial charge in [0.25, 0.3) is 0 Å². The lowest BCUT2D eigenvalue weighted by Crippen LogP contribution is -2.34. The summed E-state index contributed by atoms with van der Waals surface area (Å²) in [5, 5.41) is 0. The average Bonchev–Trinajstić information content (AvgIpc) is 2.44. The number of ketones is 1. The summed E-state index contributed by atoms with van der Waals surface area (Å²) in [5.74, 6) is -0.437. The largest absolute Gasteiger partial charge is 0.465 e. The maximum atomic E-state index is 11.5. The monoisotopic (exact) mass is 196 g/mol. The first-order valence-corrected chi connectivity index (χ1v) is 4.82. The van der Waals surface area contributed by atoms with E-state index in [1.807, 2.05) is 6.92 Å². The fourth-order valence-corrected chi connectivity index (χ4v) is 1.71. The molecule has 1 atom stereocenters. The van der Waals surface area contributed by atoms with Crippen LogP contribution in [-0.4, -0.2) is 18.4 Å². The minimum atomic E-state index is -0.876. The zero-order valence-corrected chi connectivity index (χ0v) is 8.76. The first-order chi connectivity index (χ1) is 6.49. The number of carbonyl (C=O) groups is 2. The van der Waals surface area contributed by atoms with Crippen molar-refractivity contribution in [3.63, 3.8) is 0 Å². The smallest absolute Gasteiger partial charge is 0.319 e. The lowest BCUT2D eigenvalue weighted by Gasteiger charge is -2.20. The Morgan fingerprint density at radius 1 is 1.57 bits per heavy atom. The number of allylic oxidation sites excluding steroid dienone is 1. The van der Waals surface area contributed by atoms with E-state index in [2.05, 4.69) is 6.58 Å². The molecule has 1 aliphatic rings. The standard InChI is InChI=1S/C11H16O3/c1-8(2)4-5-11(9(3)12)6-7-14-10(11)13/h1,4-7H2,2-3H3. The second kappa shape index (κ2) is 3.95. The van der Waals surface area contributed by atoms with E-state index in [0.29, 0.717) is 25.9 Å². The van der Waals surface area contributed by atoms with Gasteiger partial charge in [-0.1, -0.05) is 5.57 Å². The fourth-order valence-electron chi connectivity index (χ4n) is 1.71. The van der Waals surface area contributed by atoms with Crippen LogP contribution < -0.4 is 0 Å². The highest BCUT2D eigenvalue weighted by molar-refractivity contribution is 6.03. The van der Waals surface area contributed by atoms with Crippen molar-refractivity contribution in [1.82, 2.24) is 0 Å². The molecule has 14 heavy (non-hydrogen) atoms. The van der Waals surface area contributed by atoms with Crippen LogP contribution in [0.4, 0.5) is 0 Å². The molecule has 0 aromatic carbocycles. The van der Waals surface area contributed by atoms with Crippen molar-refractivity contribution in [2.45, 2.75) is 33.1 Å². The summed E-state index contributed by atoms with van der Waals surface area (Å²) in [6.45, 7) is 7.50. The van der Waals surface area contributed by atoms with E-state index in [4.69, 9.17) is 4.74 Å². The van der Waals surface area contributed by atoms with Crippen molar-refractivity contribution in [2.24, 2.45) is 5.41 Å². The number of hydrogen-bond acceptors (Lipinski definition) is 3. The molecule has 1 rings (SSSR count). The molecule has 3 heteroatoms. The van der Waals surface area contributed by atoms with Crippen LogP contribution in [0.15, 0.2) is 12.2 Å². The Kier molecular flexibility index (Phi) is 3.09.